The van der Waals surface area contributed by atoms with Crippen molar-refractivity contribution in [3.05, 3.63) is 23.5 Å². The third-order valence-electron chi connectivity index (χ3n) is 3.67. The molecule has 0 amide bonds. The van der Waals surface area contributed by atoms with Crippen LogP contribution in [0.15, 0.2) is 12.3 Å². The fraction of sp³-hybridized carbons (Fsp3) is 0.643. The Balaban J connectivity index is 2.18. The molecule has 1 fully saturated rings. The van der Waals surface area contributed by atoms with E-state index in [0.717, 1.165) is 24.8 Å². The molecule has 1 aromatic rings. The van der Waals surface area contributed by atoms with E-state index in [4.69, 9.17) is 0 Å². The van der Waals surface area contributed by atoms with Gasteiger partial charge in [-0.2, -0.15) is 0 Å². The number of aryl methyl sites for hydroxylation is 1. The molecule has 94 valence electrons. The van der Waals surface area contributed by atoms with Crippen LogP contribution in [0.2, 0.25) is 0 Å². The van der Waals surface area contributed by atoms with Crippen molar-refractivity contribution in [2.24, 2.45) is 0 Å². The first-order valence-electron chi connectivity index (χ1n) is 6.61. The number of nitrogens with zero attached hydrogens (tertiary/aromatic N) is 2. The van der Waals surface area contributed by atoms with Crippen molar-refractivity contribution in [2.45, 2.75) is 45.7 Å². The van der Waals surface area contributed by atoms with Gasteiger partial charge in [0.1, 0.15) is 0 Å². The standard InChI is InChI=1S/C14H23N3/c1-4-15-9-12-10-16-11(2)8-14(12)17(3)13-6-5-7-13/h8,10,13,15H,4-7,9H2,1-3H3. The maximum atomic E-state index is 4.41. The molecule has 1 heterocycles. The molecule has 0 aromatic carbocycles. The van der Waals surface area contributed by atoms with Crippen LogP contribution in [0.25, 0.3) is 0 Å². The molecular formula is C14H23N3. The summed E-state index contributed by atoms with van der Waals surface area (Å²) in [5.41, 5.74) is 3.77. The molecule has 1 N–H and O–H groups in total. The highest BCUT2D eigenvalue weighted by atomic mass is 15.1. The minimum Gasteiger partial charge on any atom is -0.371 e. The van der Waals surface area contributed by atoms with E-state index >= 15 is 0 Å². The van der Waals surface area contributed by atoms with Gasteiger partial charge < -0.3 is 10.2 Å². The number of aromatic nitrogens is 1. The average molecular weight is 233 g/mol. The molecule has 1 aliphatic carbocycles. The molecule has 3 heteroatoms. The van der Waals surface area contributed by atoms with Crippen molar-refractivity contribution in [1.29, 1.82) is 0 Å². The van der Waals surface area contributed by atoms with Gasteiger partial charge in [0, 0.05) is 42.8 Å². The normalized spacial score (nSPS) is 15.7. The van der Waals surface area contributed by atoms with Gasteiger partial charge in [-0.3, -0.25) is 4.98 Å². The molecule has 3 nitrogen and oxygen atoms in total. The molecular weight excluding hydrogens is 210 g/mol. The van der Waals surface area contributed by atoms with E-state index in [0.29, 0.717) is 0 Å². The van der Waals surface area contributed by atoms with Gasteiger partial charge in [0.2, 0.25) is 0 Å². The van der Waals surface area contributed by atoms with Gasteiger partial charge in [-0.25, -0.2) is 0 Å². The predicted octanol–water partition coefficient (Wildman–Crippen LogP) is 2.49. The zero-order chi connectivity index (χ0) is 12.3. The van der Waals surface area contributed by atoms with E-state index in [-0.39, 0.29) is 0 Å². The van der Waals surface area contributed by atoms with E-state index in [1.165, 1.54) is 30.5 Å². The van der Waals surface area contributed by atoms with Gasteiger partial charge >= 0.3 is 0 Å². The van der Waals surface area contributed by atoms with Crippen molar-refractivity contribution in [1.82, 2.24) is 10.3 Å². The van der Waals surface area contributed by atoms with Crippen LogP contribution in [-0.2, 0) is 6.54 Å². The van der Waals surface area contributed by atoms with Gasteiger partial charge in [0.15, 0.2) is 0 Å². The van der Waals surface area contributed by atoms with E-state index in [1.54, 1.807) is 0 Å². The monoisotopic (exact) mass is 233 g/mol. The Kier molecular flexibility index (Phi) is 4.00. The van der Waals surface area contributed by atoms with Gasteiger partial charge in [0.25, 0.3) is 0 Å². The first kappa shape index (κ1) is 12.4. The lowest BCUT2D eigenvalue weighted by Crippen LogP contribution is -2.38. The van der Waals surface area contributed by atoms with Crippen LogP contribution < -0.4 is 10.2 Å². The minimum absolute atomic E-state index is 0.733. The van der Waals surface area contributed by atoms with Crippen LogP contribution in [0.4, 0.5) is 5.69 Å². The lowest BCUT2D eigenvalue weighted by molar-refractivity contribution is 0.400. The van der Waals surface area contributed by atoms with Crippen LogP contribution in [0.1, 0.15) is 37.4 Å². The third kappa shape index (κ3) is 2.78. The Bertz CT molecular complexity index is 372. The summed E-state index contributed by atoms with van der Waals surface area (Å²) < 4.78 is 0. The van der Waals surface area contributed by atoms with Crippen LogP contribution >= 0.6 is 0 Å². The second-order valence-corrected chi connectivity index (χ2v) is 4.93. The quantitative estimate of drug-likeness (QED) is 0.847. The van der Waals surface area contributed by atoms with Crippen molar-refractivity contribution >= 4 is 5.69 Å². The average Bonchev–Trinajstić information content (AvgIpc) is 2.25. The van der Waals surface area contributed by atoms with Gasteiger partial charge in [0.05, 0.1) is 0 Å². The molecule has 0 atom stereocenters. The predicted molar refractivity (Wildman–Crippen MR) is 72.4 cm³/mol. The van der Waals surface area contributed by atoms with Gasteiger partial charge in [-0.1, -0.05) is 6.92 Å². The molecule has 1 aromatic heterocycles. The summed E-state index contributed by atoms with van der Waals surface area (Å²) >= 11 is 0. The number of hydrogen-bond donors (Lipinski definition) is 1. The van der Waals surface area contributed by atoms with E-state index in [1.807, 2.05) is 6.20 Å². The Morgan fingerprint density at radius 1 is 1.47 bits per heavy atom. The van der Waals surface area contributed by atoms with Crippen LogP contribution in [0.3, 0.4) is 0 Å². The summed E-state index contributed by atoms with van der Waals surface area (Å²) in [5, 5.41) is 3.39. The van der Waals surface area contributed by atoms with Crippen molar-refractivity contribution in [2.75, 3.05) is 18.5 Å². The van der Waals surface area contributed by atoms with Crippen molar-refractivity contribution < 1.29 is 0 Å². The first-order valence-corrected chi connectivity index (χ1v) is 6.61. The summed E-state index contributed by atoms with van der Waals surface area (Å²) in [4.78, 5) is 6.85. The SMILES string of the molecule is CCNCc1cnc(C)cc1N(C)C1CCC1. The van der Waals surface area contributed by atoms with E-state index in [9.17, 15) is 0 Å². The molecule has 1 aliphatic rings. The van der Waals surface area contributed by atoms with Crippen molar-refractivity contribution in [3.8, 4) is 0 Å². The van der Waals surface area contributed by atoms with E-state index in [2.05, 4.69) is 42.2 Å². The highest BCUT2D eigenvalue weighted by Gasteiger charge is 2.23. The molecule has 2 rings (SSSR count). The summed E-state index contributed by atoms with van der Waals surface area (Å²) in [6, 6.07) is 2.95. The van der Waals surface area contributed by atoms with Gasteiger partial charge in [-0.05, 0) is 38.8 Å². The highest BCUT2D eigenvalue weighted by molar-refractivity contribution is 5.54. The zero-order valence-electron chi connectivity index (χ0n) is 11.2. The van der Waals surface area contributed by atoms with Crippen LogP contribution in [0.5, 0.6) is 0 Å². The smallest absolute Gasteiger partial charge is 0.0445 e. The largest absolute Gasteiger partial charge is 0.371 e. The maximum absolute atomic E-state index is 4.41. The Hall–Kier alpha value is -1.09. The van der Waals surface area contributed by atoms with Crippen molar-refractivity contribution in [3.63, 3.8) is 0 Å². The van der Waals surface area contributed by atoms with E-state index < -0.39 is 0 Å². The summed E-state index contributed by atoms with van der Waals surface area (Å²) in [6.07, 6.45) is 6.06. The molecule has 0 radical (unpaired) electrons. The molecule has 0 unspecified atom stereocenters. The summed E-state index contributed by atoms with van der Waals surface area (Å²) in [5.74, 6) is 0. The molecule has 0 bridgehead atoms. The molecule has 0 spiro atoms. The number of pyridine rings is 1. The Morgan fingerprint density at radius 3 is 2.82 bits per heavy atom. The topological polar surface area (TPSA) is 28.2 Å². The van der Waals surface area contributed by atoms with Crippen LogP contribution in [-0.4, -0.2) is 24.6 Å². The number of rotatable bonds is 5. The summed E-state index contributed by atoms with van der Waals surface area (Å²) in [7, 11) is 2.22. The molecule has 1 saturated carbocycles. The molecule has 0 aliphatic heterocycles. The van der Waals surface area contributed by atoms with Gasteiger partial charge in [-0.15, -0.1) is 0 Å². The highest BCUT2D eigenvalue weighted by Crippen LogP contribution is 2.30. The molecule has 0 saturated heterocycles. The lowest BCUT2D eigenvalue weighted by Gasteiger charge is -2.37. The minimum atomic E-state index is 0.733. The Labute approximate surface area is 104 Å². The lowest BCUT2D eigenvalue weighted by atomic mass is 9.91. The maximum Gasteiger partial charge on any atom is 0.0445 e. The number of hydrogen-bond acceptors (Lipinski definition) is 3. The Morgan fingerprint density at radius 2 is 2.24 bits per heavy atom. The fourth-order valence-corrected chi connectivity index (χ4v) is 2.27. The fourth-order valence-electron chi connectivity index (χ4n) is 2.27. The second-order valence-electron chi connectivity index (χ2n) is 4.93. The third-order valence-corrected chi connectivity index (χ3v) is 3.67. The second kappa shape index (κ2) is 5.50. The zero-order valence-corrected chi connectivity index (χ0v) is 11.2. The number of nitrogens with one attached hydrogen (secondary N) is 1. The first-order chi connectivity index (χ1) is 8.22. The van der Waals surface area contributed by atoms with Crippen LogP contribution in [0, 0.1) is 6.92 Å². The summed E-state index contributed by atoms with van der Waals surface area (Å²) in [6.45, 7) is 6.11. The number of anilines is 1. The molecule has 17 heavy (non-hydrogen) atoms.